The standard InChI is InChI=1S/C20H38O2.C19H36O2.C18H34O2.C17H32O2.C16H30O2.C15H28O2.C14H26O2/c1-4-5-6-7-8-9-10-11-12-13-14-15-16-17-18-22-20(21)19(2)3;1-4-5-6-7-8-9-10-11-12-13-14-15-16-17-21-19(20)18(2)3;1-4-5-6-7-8-9-10-11-12-13-14-15-16-20-18(19)17(2)3;1-4-5-6-7-8-9-10-11-12-13-14-15-19-17(18)16(2)3;1-4-5-6-7-8-9-10-11-12-13-14-18-16(17)15(2)3;1-4-5-6-7-8-9-10-11-12-13-17-15(16)14(2)3;1-4-5-6-7-8-9-10-11-12-16-14(15)13(2)3/h2,4-18H2,1,3H3;2,4-17H2,1,3H3;2,4-16H2,1,3H3;2,4-15H2,1,3H3;2,4-14H2,1,3H3;2,4-13H2,1,3H3;2,4-12H2,1,3H3. The van der Waals surface area contributed by atoms with Crippen LogP contribution in [0.15, 0.2) is 85.1 Å². The van der Waals surface area contributed by atoms with Crippen molar-refractivity contribution in [2.24, 2.45) is 0 Å². The molecule has 0 saturated carbocycles. The number of rotatable bonds is 91. The second-order valence-electron chi connectivity index (χ2n) is 38.2. The fourth-order valence-corrected chi connectivity index (χ4v) is 14.4. The average molecular weight is 1880 g/mol. The highest BCUT2D eigenvalue weighted by Gasteiger charge is 2.10. The van der Waals surface area contributed by atoms with Crippen molar-refractivity contribution in [3.05, 3.63) is 85.1 Å². The Labute approximate surface area is 826 Å². The number of carbonyl (C=O) groups excluding carboxylic acids is 7. The van der Waals surface area contributed by atoms with Crippen LogP contribution in [0.2, 0.25) is 0 Å². The van der Waals surface area contributed by atoms with E-state index in [1.807, 2.05) is 0 Å². The monoisotopic (exact) mass is 1880 g/mol. The van der Waals surface area contributed by atoms with Crippen LogP contribution in [-0.2, 0) is 66.7 Å². The van der Waals surface area contributed by atoms with Crippen LogP contribution >= 0.6 is 0 Å². The summed E-state index contributed by atoms with van der Waals surface area (Å²) in [6.45, 7) is 56.3. The first-order valence-electron chi connectivity index (χ1n) is 56.1. The molecule has 0 aliphatic heterocycles. The Kier molecular flexibility index (Phi) is 129. The Morgan fingerprint density at radius 3 is 0.241 bits per heavy atom. The van der Waals surface area contributed by atoms with Crippen molar-refractivity contribution in [1.29, 1.82) is 0 Å². The minimum atomic E-state index is -0.261. The van der Waals surface area contributed by atoms with Gasteiger partial charge in [-0.2, -0.15) is 0 Å². The van der Waals surface area contributed by atoms with E-state index in [0.717, 1.165) is 57.8 Å². The molecule has 0 radical (unpaired) electrons. The lowest BCUT2D eigenvalue weighted by Gasteiger charge is -2.04. The first-order valence-corrected chi connectivity index (χ1v) is 56.1. The van der Waals surface area contributed by atoms with Gasteiger partial charge in [-0.15, -0.1) is 0 Å². The summed E-state index contributed by atoms with van der Waals surface area (Å²) in [5.74, 6) is -1.80. The molecule has 0 rings (SSSR count). The second-order valence-corrected chi connectivity index (χ2v) is 38.2. The molecular formula is C119H224O14. The van der Waals surface area contributed by atoms with Gasteiger partial charge in [-0.05, 0) is 93.4 Å². The van der Waals surface area contributed by atoms with E-state index < -0.39 is 0 Å². The van der Waals surface area contributed by atoms with Gasteiger partial charge in [0.1, 0.15) is 0 Å². The van der Waals surface area contributed by atoms with Crippen LogP contribution in [0.3, 0.4) is 0 Å². The molecule has 784 valence electrons. The van der Waals surface area contributed by atoms with Gasteiger partial charge in [0, 0.05) is 39.0 Å². The van der Waals surface area contributed by atoms with Crippen molar-refractivity contribution in [3.63, 3.8) is 0 Å². The topological polar surface area (TPSA) is 184 Å². The zero-order valence-corrected chi connectivity index (χ0v) is 91.1. The fourth-order valence-electron chi connectivity index (χ4n) is 14.4. The van der Waals surface area contributed by atoms with E-state index >= 15 is 0 Å². The summed E-state index contributed by atoms with van der Waals surface area (Å²) in [5, 5.41) is 0. The third-order valence-electron chi connectivity index (χ3n) is 23.3. The predicted molar refractivity (Wildman–Crippen MR) is 576 cm³/mol. The highest BCUT2D eigenvalue weighted by Crippen LogP contribution is 2.20. The molecule has 0 aromatic rings. The van der Waals surface area contributed by atoms with Crippen molar-refractivity contribution in [2.45, 2.75) is 591 Å². The van der Waals surface area contributed by atoms with E-state index in [1.165, 1.54) is 437 Å². The van der Waals surface area contributed by atoms with Crippen molar-refractivity contribution in [2.75, 3.05) is 46.2 Å². The van der Waals surface area contributed by atoms with Crippen molar-refractivity contribution in [1.82, 2.24) is 0 Å². The van der Waals surface area contributed by atoms with Gasteiger partial charge in [0.2, 0.25) is 0 Å². The second kappa shape index (κ2) is 123. The molecular weight excluding hydrogens is 1650 g/mol. The molecule has 0 fully saturated rings. The lowest BCUT2D eigenvalue weighted by atomic mass is 10.0. The number of carbonyl (C=O) groups is 7. The van der Waals surface area contributed by atoms with Crippen LogP contribution in [0.25, 0.3) is 0 Å². The van der Waals surface area contributed by atoms with Gasteiger partial charge in [0.05, 0.1) is 46.2 Å². The Hall–Kier alpha value is -5.53. The van der Waals surface area contributed by atoms with Gasteiger partial charge in [-0.1, -0.05) is 544 Å². The molecule has 0 aliphatic carbocycles. The number of hydrogen-bond donors (Lipinski definition) is 0. The summed E-state index contributed by atoms with van der Waals surface area (Å²) in [6, 6.07) is 0. The first kappa shape index (κ1) is 140. The van der Waals surface area contributed by atoms with Gasteiger partial charge >= 0.3 is 41.8 Å². The highest BCUT2D eigenvalue weighted by molar-refractivity contribution is 5.89. The van der Waals surface area contributed by atoms with Crippen LogP contribution in [-0.4, -0.2) is 88.0 Å². The SMILES string of the molecule is C=C(C)C(=O)OCCCCCCCCCC.C=C(C)C(=O)OCCCCCCCCCCC.C=C(C)C(=O)OCCCCCCCCCCCC.C=C(C)C(=O)OCCCCCCCCCCCCC.C=C(C)C(=O)OCCCCCCCCCCCCCC.C=C(C)C(=O)OCCCCCCCCCCCCCCC.C=C(C)C(=O)OCCCCCCCCCCCCCCCC. The molecule has 14 nitrogen and oxygen atoms in total. The van der Waals surface area contributed by atoms with E-state index in [0.29, 0.717) is 85.3 Å². The Bertz CT molecular complexity index is 2620. The van der Waals surface area contributed by atoms with Gasteiger partial charge in [-0.25, -0.2) is 33.6 Å². The van der Waals surface area contributed by atoms with Crippen LogP contribution in [0.1, 0.15) is 591 Å². The maximum absolute atomic E-state index is 11.2. The van der Waals surface area contributed by atoms with Gasteiger partial charge in [0.25, 0.3) is 0 Å². The zero-order valence-electron chi connectivity index (χ0n) is 91.1. The lowest BCUT2D eigenvalue weighted by molar-refractivity contribution is -0.139. The molecule has 133 heavy (non-hydrogen) atoms. The van der Waals surface area contributed by atoms with E-state index in [9.17, 15) is 33.6 Å². The summed E-state index contributed by atoms with van der Waals surface area (Å²) in [4.78, 5) is 77.7. The van der Waals surface area contributed by atoms with Crippen molar-refractivity contribution >= 4 is 41.8 Å². The molecule has 0 N–H and O–H groups in total. The quantitative estimate of drug-likeness (QED) is 0.0242. The summed E-state index contributed by atoms with van der Waals surface area (Å²) >= 11 is 0. The highest BCUT2D eigenvalue weighted by atomic mass is 16.6. The maximum atomic E-state index is 11.2. The summed E-state index contributed by atoms with van der Waals surface area (Å²) < 4.78 is 35.3. The van der Waals surface area contributed by atoms with Crippen LogP contribution in [0.5, 0.6) is 0 Å². The first-order chi connectivity index (χ1) is 64.3. The van der Waals surface area contributed by atoms with E-state index in [4.69, 9.17) is 33.2 Å². The molecule has 0 saturated heterocycles. The zero-order chi connectivity index (χ0) is 100. The van der Waals surface area contributed by atoms with Gasteiger partial charge < -0.3 is 33.2 Å². The van der Waals surface area contributed by atoms with Gasteiger partial charge in [0.15, 0.2) is 0 Å². The van der Waals surface area contributed by atoms with Crippen LogP contribution < -0.4 is 0 Å². The maximum Gasteiger partial charge on any atom is 0.333 e. The van der Waals surface area contributed by atoms with E-state index in [2.05, 4.69) is 94.5 Å². The number of ether oxygens (including phenoxy) is 7. The molecule has 0 aromatic carbocycles. The minimum absolute atomic E-state index is 0.255. The van der Waals surface area contributed by atoms with Crippen LogP contribution in [0.4, 0.5) is 0 Å². The Balaban J connectivity index is -0.000000279. The molecule has 0 bridgehead atoms. The van der Waals surface area contributed by atoms with Gasteiger partial charge in [-0.3, -0.25) is 0 Å². The molecule has 0 aromatic heterocycles. The third-order valence-corrected chi connectivity index (χ3v) is 23.3. The number of unbranched alkanes of at least 4 members (excludes halogenated alkanes) is 70. The van der Waals surface area contributed by atoms with E-state index in [-0.39, 0.29) is 41.8 Å². The lowest BCUT2D eigenvalue weighted by Crippen LogP contribution is -2.05. The fraction of sp³-hybridized carbons (Fsp3) is 0.824. The largest absolute Gasteiger partial charge is 0.462 e. The number of hydrogen-bond acceptors (Lipinski definition) is 14. The molecule has 0 heterocycles. The summed E-state index contributed by atoms with van der Waals surface area (Å²) in [6.07, 6.45) is 101. The molecule has 0 spiro atoms. The van der Waals surface area contributed by atoms with Crippen molar-refractivity contribution < 1.29 is 66.7 Å². The molecule has 0 unspecified atom stereocenters. The predicted octanol–water partition coefficient (Wildman–Crippen LogP) is 37.9. The van der Waals surface area contributed by atoms with Crippen LogP contribution in [0, 0.1) is 0 Å². The number of esters is 7. The smallest absolute Gasteiger partial charge is 0.333 e. The summed E-state index contributed by atoms with van der Waals surface area (Å²) in [5.41, 5.74) is 3.42. The summed E-state index contributed by atoms with van der Waals surface area (Å²) in [7, 11) is 0. The van der Waals surface area contributed by atoms with E-state index in [1.54, 1.807) is 48.5 Å². The normalized spacial score (nSPS) is 10.4. The molecule has 0 atom stereocenters. The molecule has 0 aliphatic rings. The molecule has 14 heteroatoms. The Morgan fingerprint density at radius 1 is 0.120 bits per heavy atom. The minimum Gasteiger partial charge on any atom is -0.462 e. The average Bonchev–Trinajstić information content (AvgIpc) is 1.04. The van der Waals surface area contributed by atoms with Crippen molar-refractivity contribution in [3.8, 4) is 0 Å². The molecule has 0 amide bonds. The Morgan fingerprint density at radius 2 is 0.180 bits per heavy atom. The third kappa shape index (κ3) is 135.